The van der Waals surface area contributed by atoms with Crippen molar-refractivity contribution in [1.82, 2.24) is 4.72 Å². The SMILES string of the molecule is CC(C)S(=O)(=O)N[C@@H]1CCO[C@@H]1c1ccc(-c2cccs2)cc1. The molecule has 0 unspecified atom stereocenters. The third kappa shape index (κ3) is 3.66. The van der Waals surface area contributed by atoms with Gasteiger partial charge in [-0.1, -0.05) is 30.3 Å². The smallest absolute Gasteiger partial charge is 0.214 e. The number of hydrogen-bond donors (Lipinski definition) is 1. The molecule has 0 spiro atoms. The maximum Gasteiger partial charge on any atom is 0.214 e. The van der Waals surface area contributed by atoms with E-state index in [-0.39, 0.29) is 12.1 Å². The summed E-state index contributed by atoms with van der Waals surface area (Å²) in [4.78, 5) is 1.22. The molecule has 1 aliphatic rings. The van der Waals surface area contributed by atoms with Crippen molar-refractivity contribution in [2.75, 3.05) is 6.61 Å². The van der Waals surface area contributed by atoms with Crippen LogP contribution >= 0.6 is 11.3 Å². The van der Waals surface area contributed by atoms with Gasteiger partial charge in [-0.2, -0.15) is 0 Å². The molecule has 1 saturated heterocycles. The summed E-state index contributed by atoms with van der Waals surface area (Å²) in [5.41, 5.74) is 2.18. The zero-order chi connectivity index (χ0) is 16.4. The van der Waals surface area contributed by atoms with Crippen LogP contribution in [-0.2, 0) is 14.8 Å². The van der Waals surface area contributed by atoms with E-state index >= 15 is 0 Å². The van der Waals surface area contributed by atoms with Gasteiger partial charge in [0.15, 0.2) is 0 Å². The van der Waals surface area contributed by atoms with Crippen molar-refractivity contribution in [3.8, 4) is 10.4 Å². The molecule has 4 nitrogen and oxygen atoms in total. The number of rotatable bonds is 5. The first-order valence-corrected chi connectivity index (χ1v) is 10.2. The highest BCUT2D eigenvalue weighted by Gasteiger charge is 2.33. The highest BCUT2D eigenvalue weighted by atomic mass is 32.2. The first-order valence-electron chi connectivity index (χ1n) is 7.74. The van der Waals surface area contributed by atoms with Gasteiger partial charge in [-0.05, 0) is 42.8 Å². The van der Waals surface area contributed by atoms with Gasteiger partial charge in [0.2, 0.25) is 10.0 Å². The average molecular weight is 351 g/mol. The molecule has 0 bridgehead atoms. The van der Waals surface area contributed by atoms with E-state index in [1.165, 1.54) is 10.4 Å². The molecule has 1 fully saturated rings. The van der Waals surface area contributed by atoms with Crippen molar-refractivity contribution in [2.24, 2.45) is 0 Å². The minimum absolute atomic E-state index is 0.199. The zero-order valence-corrected chi connectivity index (χ0v) is 14.9. The summed E-state index contributed by atoms with van der Waals surface area (Å²) in [5.74, 6) is 0. The molecular weight excluding hydrogens is 330 g/mol. The van der Waals surface area contributed by atoms with Crippen LogP contribution in [0, 0.1) is 0 Å². The number of thiophene rings is 1. The highest BCUT2D eigenvalue weighted by molar-refractivity contribution is 7.90. The Morgan fingerprint density at radius 3 is 2.57 bits per heavy atom. The van der Waals surface area contributed by atoms with Crippen molar-refractivity contribution in [3.05, 3.63) is 47.3 Å². The molecule has 1 aromatic heterocycles. The molecule has 2 heterocycles. The van der Waals surface area contributed by atoms with Crippen molar-refractivity contribution in [3.63, 3.8) is 0 Å². The first kappa shape index (κ1) is 16.6. The van der Waals surface area contributed by atoms with E-state index in [1.807, 2.05) is 18.2 Å². The lowest BCUT2D eigenvalue weighted by molar-refractivity contribution is 0.102. The van der Waals surface area contributed by atoms with Crippen LogP contribution in [0.15, 0.2) is 41.8 Å². The quantitative estimate of drug-likeness (QED) is 0.896. The third-order valence-electron chi connectivity index (χ3n) is 4.07. The summed E-state index contributed by atoms with van der Waals surface area (Å²) in [5, 5.41) is 1.62. The van der Waals surface area contributed by atoms with Crippen LogP contribution in [-0.4, -0.2) is 26.3 Å². The zero-order valence-electron chi connectivity index (χ0n) is 13.2. The largest absolute Gasteiger partial charge is 0.372 e. The molecule has 6 heteroatoms. The standard InChI is InChI=1S/C17H21NO3S2/c1-12(2)23(19,20)18-15-9-10-21-17(15)14-7-5-13(6-8-14)16-4-3-11-22-16/h3-8,11-12,15,17-18H,9-10H2,1-2H3/t15-,17-/m1/s1. The van der Waals surface area contributed by atoms with E-state index in [0.717, 1.165) is 5.56 Å². The van der Waals surface area contributed by atoms with E-state index in [0.29, 0.717) is 13.0 Å². The first-order chi connectivity index (χ1) is 11.0. The monoisotopic (exact) mass is 351 g/mol. The van der Waals surface area contributed by atoms with E-state index in [2.05, 4.69) is 28.3 Å². The molecule has 0 saturated carbocycles. The molecule has 124 valence electrons. The number of nitrogens with one attached hydrogen (secondary N) is 1. The fourth-order valence-corrected chi connectivity index (χ4v) is 4.33. The summed E-state index contributed by atoms with van der Waals surface area (Å²) in [6, 6.07) is 12.1. The molecule has 0 aliphatic carbocycles. The molecule has 1 aliphatic heterocycles. The second-order valence-corrected chi connectivity index (χ2v) is 9.21. The van der Waals surface area contributed by atoms with E-state index in [1.54, 1.807) is 25.2 Å². The van der Waals surface area contributed by atoms with Gasteiger partial charge in [0.05, 0.1) is 17.4 Å². The van der Waals surface area contributed by atoms with Gasteiger partial charge < -0.3 is 4.74 Å². The van der Waals surface area contributed by atoms with E-state index in [9.17, 15) is 8.42 Å². The van der Waals surface area contributed by atoms with E-state index in [4.69, 9.17) is 4.74 Å². The van der Waals surface area contributed by atoms with Crippen LogP contribution in [0.4, 0.5) is 0 Å². The number of ether oxygens (including phenoxy) is 1. The maximum atomic E-state index is 12.1. The summed E-state index contributed by atoms with van der Waals surface area (Å²) >= 11 is 1.70. The fraction of sp³-hybridized carbons (Fsp3) is 0.412. The molecular formula is C17H21NO3S2. The number of hydrogen-bond acceptors (Lipinski definition) is 4. The second-order valence-electron chi connectivity index (χ2n) is 6.00. The summed E-state index contributed by atoms with van der Waals surface area (Å²) in [6.45, 7) is 3.94. The second kappa shape index (κ2) is 6.73. The highest BCUT2D eigenvalue weighted by Crippen LogP contribution is 2.32. The lowest BCUT2D eigenvalue weighted by Gasteiger charge is -2.21. The van der Waals surface area contributed by atoms with Crippen LogP contribution in [0.3, 0.4) is 0 Å². The third-order valence-corrected chi connectivity index (χ3v) is 6.86. The Bertz CT molecular complexity index is 737. The van der Waals surface area contributed by atoms with Crippen LogP contribution in [0.2, 0.25) is 0 Å². The van der Waals surface area contributed by atoms with Gasteiger partial charge in [-0.15, -0.1) is 11.3 Å². The Morgan fingerprint density at radius 2 is 1.96 bits per heavy atom. The van der Waals surface area contributed by atoms with Gasteiger partial charge in [0.25, 0.3) is 0 Å². The number of sulfonamides is 1. The predicted molar refractivity (Wildman–Crippen MR) is 94.0 cm³/mol. The Morgan fingerprint density at radius 1 is 1.22 bits per heavy atom. The summed E-state index contributed by atoms with van der Waals surface area (Å²) < 4.78 is 32.8. The van der Waals surface area contributed by atoms with Gasteiger partial charge in [-0.3, -0.25) is 0 Å². The maximum absolute atomic E-state index is 12.1. The predicted octanol–water partition coefficient (Wildman–Crippen LogP) is 3.57. The van der Waals surface area contributed by atoms with Crippen molar-refractivity contribution < 1.29 is 13.2 Å². The average Bonchev–Trinajstić information content (AvgIpc) is 3.18. The molecule has 23 heavy (non-hydrogen) atoms. The fourth-order valence-electron chi connectivity index (χ4n) is 2.67. The normalized spacial score (nSPS) is 21.9. The molecule has 0 amide bonds. The Labute approximate surface area is 141 Å². The van der Waals surface area contributed by atoms with Gasteiger partial charge in [0, 0.05) is 11.5 Å². The summed E-state index contributed by atoms with van der Waals surface area (Å²) in [6.07, 6.45) is 0.476. The molecule has 2 atom stereocenters. The van der Waals surface area contributed by atoms with Gasteiger partial charge in [0.1, 0.15) is 0 Å². The minimum Gasteiger partial charge on any atom is -0.372 e. The molecule has 0 radical (unpaired) electrons. The van der Waals surface area contributed by atoms with Crippen LogP contribution in [0.25, 0.3) is 10.4 Å². The lowest BCUT2D eigenvalue weighted by atomic mass is 10.0. The van der Waals surface area contributed by atoms with Crippen LogP contribution < -0.4 is 4.72 Å². The summed E-state index contributed by atoms with van der Waals surface area (Å²) in [7, 11) is -3.29. The number of benzene rings is 1. The van der Waals surface area contributed by atoms with E-state index < -0.39 is 15.3 Å². The molecule has 3 rings (SSSR count). The molecule has 1 aromatic carbocycles. The molecule has 2 aromatic rings. The Hall–Kier alpha value is -1.21. The van der Waals surface area contributed by atoms with Gasteiger partial charge in [-0.25, -0.2) is 13.1 Å². The lowest BCUT2D eigenvalue weighted by Crippen LogP contribution is -2.40. The van der Waals surface area contributed by atoms with Crippen molar-refractivity contribution in [1.29, 1.82) is 0 Å². The van der Waals surface area contributed by atoms with Crippen LogP contribution in [0.1, 0.15) is 31.9 Å². The topological polar surface area (TPSA) is 55.4 Å². The van der Waals surface area contributed by atoms with Gasteiger partial charge >= 0.3 is 0 Å². The molecule has 1 N–H and O–H groups in total. The Kier molecular flexibility index (Phi) is 4.87. The van der Waals surface area contributed by atoms with Crippen molar-refractivity contribution >= 4 is 21.4 Å². The van der Waals surface area contributed by atoms with Crippen molar-refractivity contribution in [2.45, 2.75) is 37.7 Å². The van der Waals surface area contributed by atoms with Crippen LogP contribution in [0.5, 0.6) is 0 Å². The Balaban J connectivity index is 1.78. The minimum atomic E-state index is -3.29.